The summed E-state index contributed by atoms with van der Waals surface area (Å²) in [5, 5.41) is 0. The van der Waals surface area contributed by atoms with Gasteiger partial charge in [0.05, 0.1) is 6.10 Å². The number of rotatable bonds is 5. The van der Waals surface area contributed by atoms with Gasteiger partial charge in [0, 0.05) is 24.7 Å². The predicted octanol–water partition coefficient (Wildman–Crippen LogP) is 2.39. The molecule has 0 aromatic rings. The zero-order chi connectivity index (χ0) is 13.2. The number of likely N-dealkylation sites (N-methyl/N-ethyl adjacent to an activating group) is 1. The lowest BCUT2D eigenvalue weighted by atomic mass is 9.71. The van der Waals surface area contributed by atoms with Crippen LogP contribution in [0.3, 0.4) is 0 Å². The summed E-state index contributed by atoms with van der Waals surface area (Å²) in [6.45, 7) is 6.06. The molecule has 3 nitrogen and oxygen atoms in total. The third kappa shape index (κ3) is 2.73. The van der Waals surface area contributed by atoms with Crippen LogP contribution in [0.2, 0.25) is 0 Å². The second-order valence-electron chi connectivity index (χ2n) is 6.44. The zero-order valence-corrected chi connectivity index (χ0v) is 12.3. The van der Waals surface area contributed by atoms with Crippen molar-refractivity contribution in [2.75, 3.05) is 20.2 Å². The van der Waals surface area contributed by atoms with Gasteiger partial charge in [-0.15, -0.1) is 0 Å². The minimum atomic E-state index is 0.227. The van der Waals surface area contributed by atoms with Crippen LogP contribution < -0.4 is 5.73 Å². The molecule has 106 valence electrons. The summed E-state index contributed by atoms with van der Waals surface area (Å²) in [7, 11) is 2.29. The van der Waals surface area contributed by atoms with Crippen LogP contribution in [0.1, 0.15) is 52.4 Å². The average Bonchev–Trinajstić information content (AvgIpc) is 2.33. The summed E-state index contributed by atoms with van der Waals surface area (Å²) >= 11 is 0. The van der Waals surface area contributed by atoms with Crippen LogP contribution in [0, 0.1) is 5.92 Å². The SMILES string of the molecule is CCOC1CC(CN)(N(C)C2CCC(C)CC2)C1. The Labute approximate surface area is 112 Å². The van der Waals surface area contributed by atoms with Crippen LogP contribution in [0.15, 0.2) is 0 Å². The van der Waals surface area contributed by atoms with E-state index >= 15 is 0 Å². The zero-order valence-electron chi connectivity index (χ0n) is 12.3. The normalized spacial score (nSPS) is 40.8. The van der Waals surface area contributed by atoms with Crippen molar-refractivity contribution in [3.63, 3.8) is 0 Å². The summed E-state index contributed by atoms with van der Waals surface area (Å²) in [5.41, 5.74) is 6.29. The molecule has 0 aromatic heterocycles. The standard InChI is InChI=1S/C15H30N2O/c1-4-18-14-9-15(10-14,11-16)17(3)13-7-5-12(2)6-8-13/h12-14H,4-11,16H2,1-3H3. The first kappa shape index (κ1) is 14.3. The van der Waals surface area contributed by atoms with E-state index in [9.17, 15) is 0 Å². The average molecular weight is 254 g/mol. The maximum Gasteiger partial charge on any atom is 0.0611 e. The Morgan fingerprint density at radius 1 is 1.22 bits per heavy atom. The van der Waals surface area contributed by atoms with Crippen LogP contribution in [0.25, 0.3) is 0 Å². The van der Waals surface area contributed by atoms with Gasteiger partial charge in [0.25, 0.3) is 0 Å². The highest BCUT2D eigenvalue weighted by atomic mass is 16.5. The molecule has 0 radical (unpaired) electrons. The van der Waals surface area contributed by atoms with Gasteiger partial charge in [-0.3, -0.25) is 4.90 Å². The summed E-state index contributed by atoms with van der Waals surface area (Å²) in [6.07, 6.45) is 8.15. The lowest BCUT2D eigenvalue weighted by Crippen LogP contribution is -2.65. The van der Waals surface area contributed by atoms with E-state index in [0.717, 1.165) is 38.0 Å². The van der Waals surface area contributed by atoms with E-state index < -0.39 is 0 Å². The molecule has 0 saturated heterocycles. The minimum absolute atomic E-state index is 0.227. The first-order valence-electron chi connectivity index (χ1n) is 7.66. The maximum absolute atomic E-state index is 6.06. The second kappa shape index (κ2) is 5.89. The Bertz CT molecular complexity index is 255. The third-order valence-electron chi connectivity index (χ3n) is 5.28. The molecular weight excluding hydrogens is 224 g/mol. The quantitative estimate of drug-likeness (QED) is 0.819. The molecule has 2 aliphatic rings. The van der Waals surface area contributed by atoms with Crippen LogP contribution >= 0.6 is 0 Å². The highest BCUT2D eigenvalue weighted by molar-refractivity contribution is 5.05. The minimum Gasteiger partial charge on any atom is -0.378 e. The Hall–Kier alpha value is -0.120. The molecule has 0 aromatic carbocycles. The Balaban J connectivity index is 1.89. The van der Waals surface area contributed by atoms with Gasteiger partial charge in [-0.05, 0) is 58.4 Å². The fourth-order valence-electron chi connectivity index (χ4n) is 3.76. The van der Waals surface area contributed by atoms with Crippen LogP contribution in [-0.2, 0) is 4.74 Å². The molecule has 0 bridgehead atoms. The number of hydrogen-bond acceptors (Lipinski definition) is 3. The lowest BCUT2D eigenvalue weighted by molar-refractivity contribution is -0.108. The van der Waals surface area contributed by atoms with Crippen LogP contribution in [0.4, 0.5) is 0 Å². The molecule has 0 atom stereocenters. The summed E-state index contributed by atoms with van der Waals surface area (Å²) in [4.78, 5) is 2.59. The van der Waals surface area contributed by atoms with E-state index in [1.807, 2.05) is 0 Å². The van der Waals surface area contributed by atoms with Gasteiger partial charge in [-0.25, -0.2) is 0 Å². The lowest BCUT2D eigenvalue weighted by Gasteiger charge is -2.55. The number of hydrogen-bond donors (Lipinski definition) is 1. The van der Waals surface area contributed by atoms with Crippen molar-refractivity contribution in [3.8, 4) is 0 Å². The smallest absolute Gasteiger partial charge is 0.0611 e. The molecule has 0 amide bonds. The third-order valence-corrected chi connectivity index (χ3v) is 5.28. The fourth-order valence-corrected chi connectivity index (χ4v) is 3.76. The molecule has 2 rings (SSSR count). The van der Waals surface area contributed by atoms with Crippen molar-refractivity contribution >= 4 is 0 Å². The molecular formula is C15H30N2O. The van der Waals surface area contributed by atoms with Crippen LogP contribution in [0.5, 0.6) is 0 Å². The van der Waals surface area contributed by atoms with Crippen molar-refractivity contribution < 1.29 is 4.74 Å². The highest BCUT2D eigenvalue weighted by Crippen LogP contribution is 2.41. The van der Waals surface area contributed by atoms with Crippen molar-refractivity contribution in [2.45, 2.75) is 70.1 Å². The molecule has 0 aliphatic heterocycles. The van der Waals surface area contributed by atoms with Gasteiger partial charge in [-0.1, -0.05) is 6.92 Å². The van der Waals surface area contributed by atoms with Gasteiger partial charge in [0.15, 0.2) is 0 Å². The number of ether oxygens (including phenoxy) is 1. The van der Waals surface area contributed by atoms with E-state index in [1.54, 1.807) is 0 Å². The molecule has 18 heavy (non-hydrogen) atoms. The molecule has 0 spiro atoms. The Morgan fingerprint density at radius 3 is 2.33 bits per heavy atom. The monoisotopic (exact) mass is 254 g/mol. The largest absolute Gasteiger partial charge is 0.378 e. The Morgan fingerprint density at radius 2 is 1.83 bits per heavy atom. The van der Waals surface area contributed by atoms with Gasteiger partial charge in [0.2, 0.25) is 0 Å². The molecule has 3 heteroatoms. The number of nitrogens with two attached hydrogens (primary N) is 1. The molecule has 2 fully saturated rings. The number of nitrogens with zero attached hydrogens (tertiary/aromatic N) is 1. The molecule has 2 aliphatic carbocycles. The second-order valence-corrected chi connectivity index (χ2v) is 6.44. The molecule has 0 unspecified atom stereocenters. The van der Waals surface area contributed by atoms with Gasteiger partial charge in [0.1, 0.15) is 0 Å². The van der Waals surface area contributed by atoms with Crippen molar-refractivity contribution in [1.82, 2.24) is 4.90 Å². The maximum atomic E-state index is 6.06. The van der Waals surface area contributed by atoms with Crippen molar-refractivity contribution in [2.24, 2.45) is 11.7 Å². The first-order valence-corrected chi connectivity index (χ1v) is 7.66. The van der Waals surface area contributed by atoms with Crippen LogP contribution in [-0.4, -0.2) is 42.8 Å². The van der Waals surface area contributed by atoms with Crippen molar-refractivity contribution in [1.29, 1.82) is 0 Å². The van der Waals surface area contributed by atoms with E-state index in [4.69, 9.17) is 10.5 Å². The highest BCUT2D eigenvalue weighted by Gasteiger charge is 2.48. The van der Waals surface area contributed by atoms with E-state index in [-0.39, 0.29) is 5.54 Å². The predicted molar refractivity (Wildman–Crippen MR) is 75.6 cm³/mol. The van der Waals surface area contributed by atoms with Gasteiger partial charge >= 0.3 is 0 Å². The fraction of sp³-hybridized carbons (Fsp3) is 1.00. The summed E-state index contributed by atoms with van der Waals surface area (Å²) in [5.74, 6) is 0.918. The van der Waals surface area contributed by atoms with E-state index in [0.29, 0.717) is 6.10 Å². The van der Waals surface area contributed by atoms with E-state index in [2.05, 4.69) is 25.8 Å². The van der Waals surface area contributed by atoms with Gasteiger partial charge in [-0.2, -0.15) is 0 Å². The topological polar surface area (TPSA) is 38.5 Å². The van der Waals surface area contributed by atoms with E-state index in [1.165, 1.54) is 25.7 Å². The molecule has 2 N–H and O–H groups in total. The summed E-state index contributed by atoms with van der Waals surface area (Å²) in [6, 6.07) is 0.743. The van der Waals surface area contributed by atoms with Gasteiger partial charge < -0.3 is 10.5 Å². The molecule has 0 heterocycles. The molecule has 2 saturated carbocycles. The Kier molecular flexibility index (Phi) is 4.68. The first-order chi connectivity index (χ1) is 8.61. The van der Waals surface area contributed by atoms with Crippen molar-refractivity contribution in [3.05, 3.63) is 0 Å². The summed E-state index contributed by atoms with van der Waals surface area (Å²) < 4.78 is 5.71.